The van der Waals surface area contributed by atoms with E-state index in [9.17, 15) is 0 Å². The summed E-state index contributed by atoms with van der Waals surface area (Å²) < 4.78 is 5.74. The highest BCUT2D eigenvalue weighted by atomic mass is 16.5. The molecule has 1 heterocycles. The Morgan fingerprint density at radius 1 is 1.35 bits per heavy atom. The summed E-state index contributed by atoms with van der Waals surface area (Å²) in [6.07, 6.45) is 1.35. The third-order valence-electron chi connectivity index (χ3n) is 3.41. The lowest BCUT2D eigenvalue weighted by molar-refractivity contribution is 0.254. The van der Waals surface area contributed by atoms with Crippen LogP contribution in [0.15, 0.2) is 18.2 Å². The van der Waals surface area contributed by atoms with Crippen molar-refractivity contribution in [3.63, 3.8) is 0 Å². The van der Waals surface area contributed by atoms with E-state index in [1.807, 2.05) is 7.05 Å². The average molecular weight is 233 g/mol. The summed E-state index contributed by atoms with van der Waals surface area (Å²) in [5.41, 5.74) is 2.92. The van der Waals surface area contributed by atoms with Crippen LogP contribution in [0.25, 0.3) is 0 Å². The van der Waals surface area contributed by atoms with Crippen molar-refractivity contribution in [1.82, 2.24) is 5.32 Å². The van der Waals surface area contributed by atoms with Gasteiger partial charge in [0, 0.05) is 12.5 Å². The Morgan fingerprint density at radius 3 is 2.65 bits per heavy atom. The molecule has 0 aromatic heterocycles. The van der Waals surface area contributed by atoms with E-state index in [4.69, 9.17) is 4.74 Å². The number of rotatable bonds is 2. The first kappa shape index (κ1) is 12.4. The summed E-state index contributed by atoms with van der Waals surface area (Å²) in [4.78, 5) is 0. The van der Waals surface area contributed by atoms with Crippen LogP contribution in [0.2, 0.25) is 0 Å². The summed E-state index contributed by atoms with van der Waals surface area (Å²) in [5, 5.41) is 3.42. The maximum Gasteiger partial charge on any atom is 0.123 e. The molecule has 1 aromatic carbocycles. The summed E-state index contributed by atoms with van der Waals surface area (Å²) in [6.45, 7) is 8.92. The van der Waals surface area contributed by atoms with E-state index in [0.717, 1.165) is 12.2 Å². The molecule has 0 aliphatic carbocycles. The zero-order valence-corrected chi connectivity index (χ0v) is 11.5. The van der Waals surface area contributed by atoms with Crippen LogP contribution in [0, 0.1) is 5.41 Å². The SMILES string of the molecule is CNC(c1ccc2c(c1)CC(C)O2)C(C)(C)C. The predicted octanol–water partition coefficient (Wildman–Crippen LogP) is 3.32. The number of fused-ring (bicyclic) bond motifs is 1. The van der Waals surface area contributed by atoms with Gasteiger partial charge < -0.3 is 10.1 Å². The standard InChI is InChI=1S/C15H23NO/c1-10-8-12-9-11(6-7-13(12)17-10)14(16-5)15(2,3)4/h6-7,9-10,14,16H,8H2,1-5H3. The van der Waals surface area contributed by atoms with Gasteiger partial charge in [0.1, 0.15) is 11.9 Å². The number of hydrogen-bond donors (Lipinski definition) is 1. The predicted molar refractivity (Wildman–Crippen MR) is 71.5 cm³/mol. The van der Waals surface area contributed by atoms with Crippen molar-refractivity contribution in [3.8, 4) is 5.75 Å². The van der Waals surface area contributed by atoms with Crippen molar-refractivity contribution in [3.05, 3.63) is 29.3 Å². The second-order valence-corrected chi connectivity index (χ2v) is 6.09. The second-order valence-electron chi connectivity index (χ2n) is 6.09. The molecule has 0 fully saturated rings. The van der Waals surface area contributed by atoms with Crippen LogP contribution in [-0.4, -0.2) is 13.2 Å². The Morgan fingerprint density at radius 2 is 2.06 bits per heavy atom. The Bertz CT molecular complexity index is 406. The fourth-order valence-corrected chi connectivity index (χ4v) is 2.72. The van der Waals surface area contributed by atoms with Gasteiger partial charge >= 0.3 is 0 Å². The van der Waals surface area contributed by atoms with Gasteiger partial charge in [-0.05, 0) is 36.6 Å². The summed E-state index contributed by atoms with van der Waals surface area (Å²) in [5.74, 6) is 1.06. The molecule has 2 unspecified atom stereocenters. The molecule has 0 bridgehead atoms. The van der Waals surface area contributed by atoms with Gasteiger partial charge in [0.05, 0.1) is 0 Å². The van der Waals surface area contributed by atoms with Gasteiger partial charge in [-0.25, -0.2) is 0 Å². The largest absolute Gasteiger partial charge is 0.490 e. The minimum atomic E-state index is 0.216. The average Bonchev–Trinajstić information content (AvgIpc) is 2.56. The third-order valence-corrected chi connectivity index (χ3v) is 3.41. The molecule has 0 spiro atoms. The van der Waals surface area contributed by atoms with Gasteiger partial charge in [0.25, 0.3) is 0 Å². The van der Waals surface area contributed by atoms with Crippen LogP contribution in [0.1, 0.15) is 44.9 Å². The van der Waals surface area contributed by atoms with Gasteiger partial charge in [-0.1, -0.05) is 32.9 Å². The van der Waals surface area contributed by atoms with Gasteiger partial charge in [0.15, 0.2) is 0 Å². The smallest absolute Gasteiger partial charge is 0.123 e. The highest BCUT2D eigenvalue weighted by molar-refractivity contribution is 5.41. The first-order valence-electron chi connectivity index (χ1n) is 6.38. The summed E-state index contributed by atoms with van der Waals surface area (Å²) >= 11 is 0. The Hall–Kier alpha value is -1.02. The van der Waals surface area contributed by atoms with Crippen LogP contribution in [0.5, 0.6) is 5.75 Å². The summed E-state index contributed by atoms with van der Waals surface area (Å²) in [7, 11) is 2.03. The third kappa shape index (κ3) is 2.47. The maximum atomic E-state index is 5.74. The molecule has 1 aliphatic rings. The number of nitrogens with one attached hydrogen (secondary N) is 1. The molecule has 2 rings (SSSR count). The lowest BCUT2D eigenvalue weighted by Gasteiger charge is -2.31. The second kappa shape index (κ2) is 4.34. The molecule has 2 nitrogen and oxygen atoms in total. The van der Waals surface area contributed by atoms with Crippen LogP contribution in [0.4, 0.5) is 0 Å². The quantitative estimate of drug-likeness (QED) is 0.846. The molecule has 2 heteroatoms. The Labute approximate surface area is 104 Å². The number of hydrogen-bond acceptors (Lipinski definition) is 2. The Balaban J connectivity index is 2.32. The van der Waals surface area contributed by atoms with E-state index < -0.39 is 0 Å². The van der Waals surface area contributed by atoms with E-state index in [1.54, 1.807) is 0 Å². The van der Waals surface area contributed by atoms with Crippen molar-refractivity contribution in [2.24, 2.45) is 5.41 Å². The molecule has 1 aliphatic heterocycles. The number of ether oxygens (including phenoxy) is 1. The van der Waals surface area contributed by atoms with Crippen molar-refractivity contribution in [2.45, 2.75) is 46.3 Å². The monoisotopic (exact) mass is 233 g/mol. The minimum Gasteiger partial charge on any atom is -0.490 e. The van der Waals surface area contributed by atoms with Gasteiger partial charge in [-0.2, -0.15) is 0 Å². The summed E-state index contributed by atoms with van der Waals surface area (Å²) in [6, 6.07) is 6.97. The van der Waals surface area contributed by atoms with Crippen LogP contribution in [0.3, 0.4) is 0 Å². The van der Waals surface area contributed by atoms with E-state index in [-0.39, 0.29) is 5.41 Å². The number of benzene rings is 1. The zero-order valence-electron chi connectivity index (χ0n) is 11.5. The van der Waals surface area contributed by atoms with Gasteiger partial charge in [-0.3, -0.25) is 0 Å². The Kier molecular flexibility index (Phi) is 3.17. The van der Waals surface area contributed by atoms with Gasteiger partial charge in [0.2, 0.25) is 0 Å². The van der Waals surface area contributed by atoms with Crippen molar-refractivity contribution < 1.29 is 4.74 Å². The van der Waals surface area contributed by atoms with Crippen LogP contribution >= 0.6 is 0 Å². The molecule has 1 aromatic rings. The van der Waals surface area contributed by atoms with Crippen molar-refractivity contribution in [1.29, 1.82) is 0 Å². The van der Waals surface area contributed by atoms with E-state index in [1.165, 1.54) is 11.1 Å². The normalized spacial score (nSPS) is 20.9. The molecule has 94 valence electrons. The molecule has 17 heavy (non-hydrogen) atoms. The molecule has 1 N–H and O–H groups in total. The first-order chi connectivity index (χ1) is 7.91. The van der Waals surface area contributed by atoms with E-state index in [0.29, 0.717) is 12.1 Å². The highest BCUT2D eigenvalue weighted by Gasteiger charge is 2.27. The van der Waals surface area contributed by atoms with Gasteiger partial charge in [-0.15, -0.1) is 0 Å². The van der Waals surface area contributed by atoms with E-state index >= 15 is 0 Å². The minimum absolute atomic E-state index is 0.216. The van der Waals surface area contributed by atoms with Crippen LogP contribution < -0.4 is 10.1 Å². The fourth-order valence-electron chi connectivity index (χ4n) is 2.72. The van der Waals surface area contributed by atoms with E-state index in [2.05, 4.69) is 51.2 Å². The molecular formula is C15H23NO. The lowest BCUT2D eigenvalue weighted by atomic mass is 9.82. The van der Waals surface area contributed by atoms with Crippen molar-refractivity contribution in [2.75, 3.05) is 7.05 Å². The molecule has 0 radical (unpaired) electrons. The fraction of sp³-hybridized carbons (Fsp3) is 0.600. The van der Waals surface area contributed by atoms with Crippen LogP contribution in [-0.2, 0) is 6.42 Å². The molecular weight excluding hydrogens is 210 g/mol. The topological polar surface area (TPSA) is 21.3 Å². The molecule has 0 saturated carbocycles. The highest BCUT2D eigenvalue weighted by Crippen LogP contribution is 2.36. The molecule has 2 atom stereocenters. The first-order valence-corrected chi connectivity index (χ1v) is 6.38. The molecule has 0 saturated heterocycles. The van der Waals surface area contributed by atoms with Crippen molar-refractivity contribution >= 4 is 0 Å². The lowest BCUT2D eigenvalue weighted by Crippen LogP contribution is -2.29. The zero-order chi connectivity index (χ0) is 12.6. The maximum absolute atomic E-state index is 5.74. The molecule has 0 amide bonds.